The number of furan rings is 1. The third-order valence-electron chi connectivity index (χ3n) is 4.02. The van der Waals surface area contributed by atoms with E-state index in [0.717, 1.165) is 21.5 Å². The molecule has 6 heteroatoms. The zero-order chi connectivity index (χ0) is 17.9. The molecule has 0 saturated heterocycles. The molecule has 4 aromatic rings. The van der Waals surface area contributed by atoms with Gasteiger partial charge in [-0.3, -0.25) is 4.79 Å². The van der Waals surface area contributed by atoms with E-state index in [1.54, 1.807) is 24.6 Å². The number of carbonyl (C=O) groups excluding carboxylic acids is 1. The van der Waals surface area contributed by atoms with Crippen LogP contribution in [0.25, 0.3) is 21.5 Å². The Morgan fingerprint density at radius 2 is 2.00 bits per heavy atom. The zero-order valence-electron chi connectivity index (χ0n) is 14.1. The van der Waals surface area contributed by atoms with Crippen LogP contribution in [-0.4, -0.2) is 18.0 Å². The van der Waals surface area contributed by atoms with E-state index in [1.807, 2.05) is 53.9 Å². The van der Waals surface area contributed by atoms with Crippen LogP contribution in [0, 0.1) is 0 Å². The standard InChI is InChI=1S/C20H16N2O3S/c1-24-12-16-15-4-2-3-5-17(15)25-18(16)19(23)22-14-8-6-13(7-9-14)20-21-10-11-26-20/h2-11H,12H2,1H3,(H,22,23). The fourth-order valence-electron chi connectivity index (χ4n) is 2.82. The molecule has 2 heterocycles. The number of fused-ring (bicyclic) bond motifs is 1. The Morgan fingerprint density at radius 3 is 2.73 bits per heavy atom. The summed E-state index contributed by atoms with van der Waals surface area (Å²) in [7, 11) is 1.60. The molecular formula is C20H16N2O3S. The van der Waals surface area contributed by atoms with Gasteiger partial charge < -0.3 is 14.5 Å². The Bertz CT molecular complexity index is 1040. The third kappa shape index (κ3) is 3.12. The van der Waals surface area contributed by atoms with Gasteiger partial charge in [-0.1, -0.05) is 18.2 Å². The van der Waals surface area contributed by atoms with Gasteiger partial charge in [-0.15, -0.1) is 11.3 Å². The highest BCUT2D eigenvalue weighted by Crippen LogP contribution is 2.28. The van der Waals surface area contributed by atoms with E-state index in [-0.39, 0.29) is 11.7 Å². The van der Waals surface area contributed by atoms with E-state index in [4.69, 9.17) is 9.15 Å². The van der Waals surface area contributed by atoms with Crippen LogP contribution < -0.4 is 5.32 Å². The first-order chi connectivity index (χ1) is 12.8. The molecule has 0 saturated carbocycles. The number of benzene rings is 2. The largest absolute Gasteiger partial charge is 0.451 e. The SMILES string of the molecule is COCc1c(C(=O)Nc2ccc(-c3nccs3)cc2)oc2ccccc12. The molecule has 0 unspecified atom stereocenters. The number of methoxy groups -OCH3 is 1. The first-order valence-electron chi connectivity index (χ1n) is 8.07. The number of para-hydroxylation sites is 1. The zero-order valence-corrected chi connectivity index (χ0v) is 14.9. The Labute approximate surface area is 154 Å². The number of amides is 1. The summed E-state index contributed by atoms with van der Waals surface area (Å²) in [6, 6.07) is 15.1. The normalized spacial score (nSPS) is 11.0. The first-order valence-corrected chi connectivity index (χ1v) is 8.95. The maximum atomic E-state index is 12.7. The highest BCUT2D eigenvalue weighted by molar-refractivity contribution is 7.13. The summed E-state index contributed by atoms with van der Waals surface area (Å²) >= 11 is 1.58. The van der Waals surface area contributed by atoms with Crippen LogP contribution >= 0.6 is 11.3 Å². The number of nitrogens with zero attached hydrogens (tertiary/aromatic N) is 1. The van der Waals surface area contributed by atoms with E-state index in [0.29, 0.717) is 17.9 Å². The molecule has 5 nitrogen and oxygen atoms in total. The van der Waals surface area contributed by atoms with Gasteiger partial charge in [0.2, 0.25) is 0 Å². The van der Waals surface area contributed by atoms with Crippen molar-refractivity contribution < 1.29 is 13.9 Å². The van der Waals surface area contributed by atoms with Gasteiger partial charge in [0.15, 0.2) is 5.76 Å². The van der Waals surface area contributed by atoms with Crippen LogP contribution in [0.15, 0.2) is 64.5 Å². The molecular weight excluding hydrogens is 348 g/mol. The number of aromatic nitrogens is 1. The van der Waals surface area contributed by atoms with E-state index < -0.39 is 0 Å². The summed E-state index contributed by atoms with van der Waals surface area (Å²) in [6.07, 6.45) is 1.77. The Morgan fingerprint density at radius 1 is 1.19 bits per heavy atom. The van der Waals surface area contributed by atoms with Crippen molar-refractivity contribution in [2.24, 2.45) is 0 Å². The minimum atomic E-state index is -0.296. The highest BCUT2D eigenvalue weighted by Gasteiger charge is 2.20. The van der Waals surface area contributed by atoms with Crippen LogP contribution in [0.5, 0.6) is 0 Å². The van der Waals surface area contributed by atoms with Crippen LogP contribution in [-0.2, 0) is 11.3 Å². The van der Waals surface area contributed by atoms with Gasteiger partial charge in [-0.2, -0.15) is 0 Å². The molecule has 1 N–H and O–H groups in total. The highest BCUT2D eigenvalue weighted by atomic mass is 32.1. The average Bonchev–Trinajstić information content (AvgIpc) is 3.31. The number of rotatable bonds is 5. The Kier molecular flexibility index (Phi) is 4.51. The quantitative estimate of drug-likeness (QED) is 0.544. The number of hydrogen-bond donors (Lipinski definition) is 1. The molecule has 2 aromatic heterocycles. The van der Waals surface area contributed by atoms with Crippen molar-refractivity contribution in [3.8, 4) is 10.6 Å². The molecule has 0 spiro atoms. The number of carbonyl (C=O) groups is 1. The molecule has 1 amide bonds. The molecule has 4 rings (SSSR count). The topological polar surface area (TPSA) is 64.4 Å². The van der Waals surface area contributed by atoms with Crippen LogP contribution in [0.3, 0.4) is 0 Å². The van der Waals surface area contributed by atoms with Gasteiger partial charge >= 0.3 is 0 Å². The molecule has 0 aliphatic rings. The number of hydrogen-bond acceptors (Lipinski definition) is 5. The molecule has 0 bridgehead atoms. The van der Waals surface area contributed by atoms with E-state index in [1.165, 1.54) is 0 Å². The van der Waals surface area contributed by atoms with Crippen molar-refractivity contribution in [2.75, 3.05) is 12.4 Å². The Balaban J connectivity index is 1.60. The molecule has 0 radical (unpaired) electrons. The first kappa shape index (κ1) is 16.5. The van der Waals surface area contributed by atoms with Crippen molar-refractivity contribution in [2.45, 2.75) is 6.61 Å². The summed E-state index contributed by atoms with van der Waals surface area (Å²) in [4.78, 5) is 17.0. The lowest BCUT2D eigenvalue weighted by Crippen LogP contribution is -2.13. The fourth-order valence-corrected chi connectivity index (χ4v) is 3.46. The lowest BCUT2D eigenvalue weighted by Gasteiger charge is -2.06. The smallest absolute Gasteiger partial charge is 0.291 e. The molecule has 26 heavy (non-hydrogen) atoms. The van der Waals surface area contributed by atoms with Gasteiger partial charge in [0.1, 0.15) is 10.6 Å². The van der Waals surface area contributed by atoms with Gasteiger partial charge in [0, 0.05) is 40.9 Å². The van der Waals surface area contributed by atoms with Crippen LogP contribution in [0.2, 0.25) is 0 Å². The third-order valence-corrected chi connectivity index (χ3v) is 4.84. The van der Waals surface area contributed by atoms with Crippen molar-refractivity contribution >= 4 is 33.9 Å². The summed E-state index contributed by atoms with van der Waals surface area (Å²) in [5.74, 6) is -0.0210. The van der Waals surface area contributed by atoms with Crippen LogP contribution in [0.1, 0.15) is 16.1 Å². The average molecular weight is 364 g/mol. The summed E-state index contributed by atoms with van der Waals surface area (Å²) < 4.78 is 11.0. The van der Waals surface area contributed by atoms with Crippen molar-refractivity contribution in [3.05, 3.63) is 71.4 Å². The van der Waals surface area contributed by atoms with Crippen LogP contribution in [0.4, 0.5) is 5.69 Å². The lowest BCUT2D eigenvalue weighted by atomic mass is 10.1. The minimum absolute atomic E-state index is 0.275. The van der Waals surface area contributed by atoms with Crippen molar-refractivity contribution in [1.29, 1.82) is 0 Å². The van der Waals surface area contributed by atoms with E-state index in [2.05, 4.69) is 10.3 Å². The van der Waals surface area contributed by atoms with E-state index in [9.17, 15) is 4.79 Å². The molecule has 130 valence electrons. The predicted molar refractivity (Wildman–Crippen MR) is 102 cm³/mol. The second-order valence-corrected chi connectivity index (χ2v) is 6.60. The number of thiazole rings is 1. The lowest BCUT2D eigenvalue weighted by molar-refractivity contribution is 0.0992. The minimum Gasteiger partial charge on any atom is -0.451 e. The maximum Gasteiger partial charge on any atom is 0.291 e. The molecule has 0 aliphatic carbocycles. The molecule has 0 fully saturated rings. The van der Waals surface area contributed by atoms with Crippen molar-refractivity contribution in [3.63, 3.8) is 0 Å². The monoisotopic (exact) mass is 364 g/mol. The second-order valence-electron chi connectivity index (χ2n) is 5.71. The number of anilines is 1. The fraction of sp³-hybridized carbons (Fsp3) is 0.100. The van der Waals surface area contributed by atoms with Gasteiger partial charge in [-0.05, 0) is 30.3 Å². The van der Waals surface area contributed by atoms with Gasteiger partial charge in [-0.25, -0.2) is 4.98 Å². The number of nitrogens with one attached hydrogen (secondary N) is 1. The van der Waals surface area contributed by atoms with Gasteiger partial charge in [0.25, 0.3) is 5.91 Å². The summed E-state index contributed by atoms with van der Waals surface area (Å²) in [5, 5.41) is 6.65. The van der Waals surface area contributed by atoms with Gasteiger partial charge in [0.05, 0.1) is 6.61 Å². The summed E-state index contributed by atoms with van der Waals surface area (Å²) in [6.45, 7) is 0.308. The molecule has 0 aliphatic heterocycles. The second kappa shape index (κ2) is 7.11. The molecule has 2 aromatic carbocycles. The van der Waals surface area contributed by atoms with Crippen molar-refractivity contribution in [1.82, 2.24) is 4.98 Å². The number of ether oxygens (including phenoxy) is 1. The molecule has 0 atom stereocenters. The summed E-state index contributed by atoms with van der Waals surface area (Å²) in [5.41, 5.74) is 3.13. The Hall–Kier alpha value is -2.96. The predicted octanol–water partition coefficient (Wildman–Crippen LogP) is 4.96. The van der Waals surface area contributed by atoms with E-state index >= 15 is 0 Å². The maximum absolute atomic E-state index is 12.7.